The van der Waals surface area contributed by atoms with E-state index in [1.54, 1.807) is 6.07 Å². The van der Waals surface area contributed by atoms with Gasteiger partial charge in [-0.1, -0.05) is 6.92 Å². The molecular formula is C8H11N5O2S. The fourth-order valence-corrected chi connectivity index (χ4v) is 2.26. The van der Waals surface area contributed by atoms with Crippen LogP contribution in [0.15, 0.2) is 27.8 Å². The fourth-order valence-electron chi connectivity index (χ4n) is 1.23. The van der Waals surface area contributed by atoms with Crippen LogP contribution >= 0.6 is 0 Å². The number of hydrogen-bond donors (Lipinski definition) is 3. The van der Waals surface area contributed by atoms with Gasteiger partial charge in [-0.2, -0.15) is 8.42 Å². The number of pyridine rings is 1. The van der Waals surface area contributed by atoms with E-state index >= 15 is 0 Å². The lowest BCUT2D eigenvalue weighted by Gasteiger charge is -2.18. The number of hydrazine groups is 1. The highest BCUT2D eigenvalue weighted by Gasteiger charge is 2.24. The molecule has 8 heteroatoms. The summed E-state index contributed by atoms with van der Waals surface area (Å²) in [5, 5.41) is 2.84. The third-order valence-electron chi connectivity index (χ3n) is 1.91. The Morgan fingerprint density at radius 2 is 2.31 bits per heavy atom. The largest absolute Gasteiger partial charge is 0.323 e. The van der Waals surface area contributed by atoms with Crippen molar-refractivity contribution in [3.63, 3.8) is 0 Å². The number of hydrogen-bond acceptors (Lipinski definition) is 6. The van der Waals surface area contributed by atoms with Crippen molar-refractivity contribution in [2.45, 2.75) is 11.8 Å². The minimum absolute atomic E-state index is 0.0806. The Hall–Kier alpha value is -1.67. The van der Waals surface area contributed by atoms with E-state index in [0.29, 0.717) is 12.2 Å². The Bertz CT molecular complexity index is 525. The number of guanidine groups is 1. The molecule has 0 spiro atoms. The topological polar surface area (TPSA) is 95.5 Å². The summed E-state index contributed by atoms with van der Waals surface area (Å²) in [6.07, 6.45) is 2.78. The summed E-state index contributed by atoms with van der Waals surface area (Å²) >= 11 is 0. The molecule has 2 heterocycles. The van der Waals surface area contributed by atoms with Crippen LogP contribution in [0.3, 0.4) is 0 Å². The number of anilines is 1. The molecule has 0 unspecified atom stereocenters. The van der Waals surface area contributed by atoms with Crippen LogP contribution < -0.4 is 16.2 Å². The molecule has 1 aliphatic heterocycles. The first-order chi connectivity index (χ1) is 7.63. The van der Waals surface area contributed by atoms with Crippen molar-refractivity contribution in [2.24, 2.45) is 4.40 Å². The van der Waals surface area contributed by atoms with Crippen molar-refractivity contribution in [1.82, 2.24) is 15.8 Å². The van der Waals surface area contributed by atoms with E-state index in [-0.39, 0.29) is 10.9 Å². The lowest BCUT2D eigenvalue weighted by atomic mass is 10.4. The maximum absolute atomic E-state index is 11.7. The summed E-state index contributed by atoms with van der Waals surface area (Å²) in [7, 11) is -3.66. The molecule has 16 heavy (non-hydrogen) atoms. The fraction of sp³-hybridized carbons (Fsp3) is 0.250. The second-order valence-electron chi connectivity index (χ2n) is 3.07. The van der Waals surface area contributed by atoms with Crippen molar-refractivity contribution in [2.75, 3.05) is 11.9 Å². The van der Waals surface area contributed by atoms with Crippen molar-refractivity contribution in [3.8, 4) is 0 Å². The monoisotopic (exact) mass is 241 g/mol. The molecule has 0 saturated heterocycles. The Balaban J connectivity index is 2.36. The summed E-state index contributed by atoms with van der Waals surface area (Å²) in [4.78, 5) is 3.84. The van der Waals surface area contributed by atoms with Crippen LogP contribution in [0.5, 0.6) is 0 Å². The second kappa shape index (κ2) is 4.06. The summed E-state index contributed by atoms with van der Waals surface area (Å²) in [5.74, 6) is 0.153. The molecule has 3 N–H and O–H groups in total. The third kappa shape index (κ3) is 1.97. The molecule has 0 saturated carbocycles. The Morgan fingerprint density at radius 1 is 1.50 bits per heavy atom. The van der Waals surface area contributed by atoms with Gasteiger partial charge < -0.3 is 5.32 Å². The van der Waals surface area contributed by atoms with Gasteiger partial charge in [0.1, 0.15) is 4.90 Å². The number of rotatable bonds is 2. The van der Waals surface area contributed by atoms with E-state index in [0.717, 1.165) is 0 Å². The standard InChI is InChI=1S/C8H11N5O2S/c1-2-10-12-8-11-6-3-4-9-5-7(6)16(14,15)13-8/h3-5,10H,2H2,1H3,(H2,11,12,13). The minimum Gasteiger partial charge on any atom is -0.323 e. The van der Waals surface area contributed by atoms with Gasteiger partial charge in [0, 0.05) is 18.9 Å². The average molecular weight is 241 g/mol. The van der Waals surface area contributed by atoms with Crippen molar-refractivity contribution < 1.29 is 8.42 Å². The summed E-state index contributed by atoms with van der Waals surface area (Å²) in [5.41, 5.74) is 5.88. The van der Waals surface area contributed by atoms with E-state index in [9.17, 15) is 8.42 Å². The van der Waals surface area contributed by atoms with Crippen LogP contribution in [0.4, 0.5) is 5.69 Å². The van der Waals surface area contributed by atoms with E-state index < -0.39 is 10.0 Å². The maximum Gasteiger partial charge on any atom is 0.289 e. The molecule has 1 aromatic heterocycles. The lowest BCUT2D eigenvalue weighted by Crippen LogP contribution is -2.43. The predicted molar refractivity (Wildman–Crippen MR) is 59.3 cm³/mol. The van der Waals surface area contributed by atoms with Gasteiger partial charge in [0.05, 0.1) is 5.69 Å². The molecule has 0 fully saturated rings. The SMILES string of the molecule is CCNNC1=NS(=O)(=O)c2cnccc2N1. The van der Waals surface area contributed by atoms with Crippen LogP contribution in [0.1, 0.15) is 6.92 Å². The highest BCUT2D eigenvalue weighted by molar-refractivity contribution is 7.90. The van der Waals surface area contributed by atoms with Crippen LogP contribution in [0.2, 0.25) is 0 Å². The Labute approximate surface area is 93.0 Å². The molecule has 1 aliphatic rings. The molecule has 0 amide bonds. The first-order valence-corrected chi connectivity index (χ1v) is 6.12. The van der Waals surface area contributed by atoms with Gasteiger partial charge in [-0.05, 0) is 6.07 Å². The first kappa shape index (κ1) is 10.8. The van der Waals surface area contributed by atoms with Gasteiger partial charge in [0.25, 0.3) is 10.0 Å². The molecule has 0 atom stereocenters. The van der Waals surface area contributed by atoms with Crippen molar-refractivity contribution in [3.05, 3.63) is 18.5 Å². The van der Waals surface area contributed by atoms with Gasteiger partial charge in [0.15, 0.2) is 0 Å². The van der Waals surface area contributed by atoms with Crippen LogP contribution in [-0.2, 0) is 10.0 Å². The minimum atomic E-state index is -3.66. The summed E-state index contributed by atoms with van der Waals surface area (Å²) < 4.78 is 27.0. The normalized spacial score (nSPS) is 16.9. The number of aromatic nitrogens is 1. The van der Waals surface area contributed by atoms with Gasteiger partial charge in [-0.3, -0.25) is 10.4 Å². The number of nitrogens with zero attached hydrogens (tertiary/aromatic N) is 2. The molecule has 1 aromatic rings. The highest BCUT2D eigenvalue weighted by Crippen LogP contribution is 2.24. The van der Waals surface area contributed by atoms with Gasteiger partial charge >= 0.3 is 0 Å². The van der Waals surface area contributed by atoms with Crippen molar-refractivity contribution >= 4 is 21.7 Å². The summed E-state index contributed by atoms with van der Waals surface area (Å²) in [6, 6.07) is 1.58. The molecule has 7 nitrogen and oxygen atoms in total. The number of nitrogens with one attached hydrogen (secondary N) is 3. The Morgan fingerprint density at radius 3 is 3.06 bits per heavy atom. The second-order valence-corrected chi connectivity index (χ2v) is 4.64. The average Bonchev–Trinajstić information content (AvgIpc) is 2.25. The Kier molecular flexibility index (Phi) is 2.75. The van der Waals surface area contributed by atoms with Crippen LogP contribution in [0, 0.1) is 0 Å². The molecule has 86 valence electrons. The third-order valence-corrected chi connectivity index (χ3v) is 3.21. The van der Waals surface area contributed by atoms with Gasteiger partial charge in [-0.25, -0.2) is 5.43 Å². The van der Waals surface area contributed by atoms with Crippen LogP contribution in [0.25, 0.3) is 0 Å². The zero-order valence-electron chi connectivity index (χ0n) is 8.56. The molecule has 0 aliphatic carbocycles. The zero-order valence-corrected chi connectivity index (χ0v) is 9.37. The lowest BCUT2D eigenvalue weighted by molar-refractivity contribution is 0.596. The maximum atomic E-state index is 11.7. The molecule has 0 radical (unpaired) electrons. The summed E-state index contributed by atoms with van der Waals surface area (Å²) in [6.45, 7) is 2.52. The highest BCUT2D eigenvalue weighted by atomic mass is 32.2. The zero-order chi connectivity index (χ0) is 11.6. The number of fused-ring (bicyclic) bond motifs is 1. The molecule has 2 rings (SSSR count). The predicted octanol–water partition coefficient (Wildman–Crippen LogP) is -0.334. The molecule has 0 bridgehead atoms. The van der Waals surface area contributed by atoms with E-state index in [2.05, 4.69) is 25.6 Å². The van der Waals surface area contributed by atoms with Gasteiger partial charge in [-0.15, -0.1) is 4.40 Å². The smallest absolute Gasteiger partial charge is 0.289 e. The first-order valence-electron chi connectivity index (χ1n) is 4.68. The van der Waals surface area contributed by atoms with E-state index in [1.165, 1.54) is 12.4 Å². The quantitative estimate of drug-likeness (QED) is 0.613. The van der Waals surface area contributed by atoms with E-state index in [4.69, 9.17) is 0 Å². The number of sulfonamides is 1. The van der Waals surface area contributed by atoms with Gasteiger partial charge in [0.2, 0.25) is 5.96 Å². The van der Waals surface area contributed by atoms with Crippen LogP contribution in [-0.4, -0.2) is 25.9 Å². The van der Waals surface area contributed by atoms with Crippen molar-refractivity contribution in [1.29, 1.82) is 0 Å². The van der Waals surface area contributed by atoms with E-state index in [1.807, 2.05) is 6.92 Å². The molecule has 0 aromatic carbocycles. The molecular weight excluding hydrogens is 230 g/mol.